The molecule has 1 atom stereocenters. The molecule has 0 heterocycles. The van der Waals surface area contributed by atoms with E-state index >= 15 is 0 Å². The van der Waals surface area contributed by atoms with E-state index in [2.05, 4.69) is 0 Å². The van der Waals surface area contributed by atoms with Crippen molar-refractivity contribution in [2.45, 2.75) is 44.3 Å². The average Bonchev–Trinajstić information content (AvgIpc) is 2.26. The summed E-state index contributed by atoms with van der Waals surface area (Å²) >= 11 is 0. The fourth-order valence-electron chi connectivity index (χ4n) is 1.46. The van der Waals surface area contributed by atoms with Crippen molar-refractivity contribution in [2.75, 3.05) is 0 Å². The molecule has 0 bridgehead atoms. The Labute approximate surface area is 114 Å². The van der Waals surface area contributed by atoms with Crippen molar-refractivity contribution in [1.29, 1.82) is 0 Å². The molecule has 0 radical (unpaired) electrons. The van der Waals surface area contributed by atoms with Gasteiger partial charge in [-0.1, -0.05) is 30.3 Å². The lowest BCUT2D eigenvalue weighted by Crippen LogP contribution is -2.35. The molecule has 0 aromatic heterocycles. The molecule has 1 unspecified atom stereocenters. The predicted molar refractivity (Wildman–Crippen MR) is 74.4 cm³/mol. The van der Waals surface area contributed by atoms with Crippen LogP contribution in [0.15, 0.2) is 30.3 Å². The van der Waals surface area contributed by atoms with Gasteiger partial charge in [0.1, 0.15) is 5.60 Å². The van der Waals surface area contributed by atoms with Gasteiger partial charge in [0.2, 0.25) is 0 Å². The molecule has 0 fully saturated rings. The van der Waals surface area contributed by atoms with Crippen LogP contribution in [0.25, 0.3) is 0 Å². The van der Waals surface area contributed by atoms with Gasteiger partial charge in [0.05, 0.1) is 5.75 Å². The zero-order valence-electron chi connectivity index (χ0n) is 11.7. The van der Waals surface area contributed by atoms with E-state index in [0.29, 0.717) is 5.56 Å². The molecule has 0 aliphatic heterocycles. The summed E-state index contributed by atoms with van der Waals surface area (Å²) in [5, 5.41) is -1.16. The van der Waals surface area contributed by atoms with Crippen LogP contribution in [0.1, 0.15) is 33.3 Å². The molecule has 1 aromatic rings. The van der Waals surface area contributed by atoms with Crippen LogP contribution in [-0.4, -0.2) is 25.2 Å². The molecule has 19 heavy (non-hydrogen) atoms. The van der Waals surface area contributed by atoms with Crippen molar-refractivity contribution in [1.82, 2.24) is 0 Å². The Hall–Kier alpha value is -1.36. The number of carbonyl (C=O) groups is 1. The first kappa shape index (κ1) is 15.7. The number of hydrogen-bond donors (Lipinski definition) is 0. The normalized spacial score (nSPS) is 13.9. The van der Waals surface area contributed by atoms with Gasteiger partial charge in [-0.3, -0.25) is 4.79 Å². The highest BCUT2D eigenvalue weighted by molar-refractivity contribution is 7.92. The van der Waals surface area contributed by atoms with E-state index in [4.69, 9.17) is 4.74 Å². The highest BCUT2D eigenvalue weighted by atomic mass is 32.2. The van der Waals surface area contributed by atoms with E-state index in [9.17, 15) is 13.2 Å². The Bertz CT molecular complexity index is 526. The highest BCUT2D eigenvalue weighted by Gasteiger charge is 2.32. The molecule has 106 valence electrons. The van der Waals surface area contributed by atoms with Gasteiger partial charge in [-0.05, 0) is 33.3 Å². The minimum atomic E-state index is -3.56. The van der Waals surface area contributed by atoms with Crippen molar-refractivity contribution in [2.24, 2.45) is 0 Å². The molecular weight excluding hydrogens is 264 g/mol. The van der Waals surface area contributed by atoms with Gasteiger partial charge in [0, 0.05) is 0 Å². The maximum Gasteiger partial charge on any atom is 0.324 e. The Balaban J connectivity index is 2.80. The minimum absolute atomic E-state index is 0.158. The second-order valence-corrected chi connectivity index (χ2v) is 7.79. The van der Waals surface area contributed by atoms with Gasteiger partial charge in [0.25, 0.3) is 0 Å². The van der Waals surface area contributed by atoms with Crippen molar-refractivity contribution in [3.8, 4) is 0 Å². The van der Waals surface area contributed by atoms with Crippen LogP contribution < -0.4 is 0 Å². The van der Waals surface area contributed by atoms with Crippen molar-refractivity contribution in [3.05, 3.63) is 35.9 Å². The van der Waals surface area contributed by atoms with Crippen LogP contribution in [0.3, 0.4) is 0 Å². The van der Waals surface area contributed by atoms with E-state index < -0.39 is 26.7 Å². The SMILES string of the molecule is CC(C(=O)OC(C)(C)C)S(=O)(=O)Cc1ccccc1. The lowest BCUT2D eigenvalue weighted by molar-refractivity contribution is -0.153. The minimum Gasteiger partial charge on any atom is -0.459 e. The van der Waals surface area contributed by atoms with Gasteiger partial charge in [-0.25, -0.2) is 8.42 Å². The van der Waals surface area contributed by atoms with Crippen LogP contribution in [0.4, 0.5) is 0 Å². The standard InChI is InChI=1S/C14H20O4S/c1-11(13(15)18-14(2,3)4)19(16,17)10-12-8-6-5-7-9-12/h5-9,11H,10H2,1-4H3. The molecule has 0 aliphatic carbocycles. The maximum absolute atomic E-state index is 12.1. The fraction of sp³-hybridized carbons (Fsp3) is 0.500. The summed E-state index contributed by atoms with van der Waals surface area (Å²) in [5.41, 5.74) is -0.0222. The Kier molecular flexibility index (Phi) is 4.74. The molecular formula is C14H20O4S. The molecule has 0 aliphatic rings. The quantitative estimate of drug-likeness (QED) is 0.796. The van der Waals surface area contributed by atoms with Crippen LogP contribution in [0, 0.1) is 0 Å². The predicted octanol–water partition coefficient (Wildman–Crippen LogP) is 2.33. The van der Waals surface area contributed by atoms with Gasteiger partial charge in [-0.15, -0.1) is 0 Å². The Morgan fingerprint density at radius 1 is 1.21 bits per heavy atom. The third-order valence-electron chi connectivity index (χ3n) is 2.49. The zero-order valence-corrected chi connectivity index (χ0v) is 12.5. The Morgan fingerprint density at radius 3 is 2.21 bits per heavy atom. The van der Waals surface area contributed by atoms with E-state index in [1.165, 1.54) is 6.92 Å². The molecule has 0 saturated carbocycles. The summed E-state index contributed by atoms with van der Waals surface area (Å²) in [6, 6.07) is 8.79. The second kappa shape index (κ2) is 5.74. The molecule has 5 heteroatoms. The molecule has 0 N–H and O–H groups in total. The van der Waals surface area contributed by atoms with E-state index in [0.717, 1.165) is 0 Å². The highest BCUT2D eigenvalue weighted by Crippen LogP contribution is 2.15. The van der Waals surface area contributed by atoms with Gasteiger partial charge in [-0.2, -0.15) is 0 Å². The first-order chi connectivity index (χ1) is 8.62. The molecule has 1 aromatic carbocycles. The van der Waals surface area contributed by atoms with Crippen molar-refractivity contribution in [3.63, 3.8) is 0 Å². The van der Waals surface area contributed by atoms with Crippen molar-refractivity contribution >= 4 is 15.8 Å². The lowest BCUT2D eigenvalue weighted by atomic mass is 10.2. The summed E-state index contributed by atoms with van der Waals surface area (Å²) in [6.45, 7) is 6.50. The smallest absolute Gasteiger partial charge is 0.324 e. The number of ether oxygens (including phenoxy) is 1. The van der Waals surface area contributed by atoms with Crippen LogP contribution >= 0.6 is 0 Å². The number of benzene rings is 1. The third kappa shape index (κ3) is 5.03. The molecule has 0 saturated heterocycles. The summed E-state index contributed by atoms with van der Waals surface area (Å²) in [7, 11) is -3.56. The summed E-state index contributed by atoms with van der Waals surface area (Å²) in [6.07, 6.45) is 0. The van der Waals surface area contributed by atoms with Crippen LogP contribution in [0.2, 0.25) is 0 Å². The first-order valence-electron chi connectivity index (χ1n) is 6.10. The number of hydrogen-bond acceptors (Lipinski definition) is 4. The average molecular weight is 284 g/mol. The molecule has 4 nitrogen and oxygen atoms in total. The first-order valence-corrected chi connectivity index (χ1v) is 7.82. The second-order valence-electron chi connectivity index (χ2n) is 5.47. The fourth-order valence-corrected chi connectivity index (χ4v) is 2.71. The summed E-state index contributed by atoms with van der Waals surface area (Å²) in [5.74, 6) is -0.864. The zero-order chi connectivity index (χ0) is 14.7. The van der Waals surface area contributed by atoms with E-state index in [1.807, 2.05) is 6.07 Å². The topological polar surface area (TPSA) is 60.4 Å². The van der Waals surface area contributed by atoms with E-state index in [1.54, 1.807) is 45.0 Å². The maximum atomic E-state index is 12.1. The van der Waals surface area contributed by atoms with Crippen molar-refractivity contribution < 1.29 is 17.9 Å². The van der Waals surface area contributed by atoms with Crippen LogP contribution in [-0.2, 0) is 25.1 Å². The third-order valence-corrected chi connectivity index (χ3v) is 4.49. The number of carbonyl (C=O) groups excluding carboxylic acids is 1. The molecule has 0 spiro atoms. The molecule has 0 amide bonds. The number of rotatable bonds is 4. The monoisotopic (exact) mass is 284 g/mol. The molecule has 1 rings (SSSR count). The number of sulfone groups is 1. The number of esters is 1. The largest absolute Gasteiger partial charge is 0.459 e. The van der Waals surface area contributed by atoms with Crippen LogP contribution in [0.5, 0.6) is 0 Å². The summed E-state index contributed by atoms with van der Waals surface area (Å²) < 4.78 is 29.4. The lowest BCUT2D eigenvalue weighted by Gasteiger charge is -2.22. The summed E-state index contributed by atoms with van der Waals surface area (Å²) in [4.78, 5) is 11.8. The van der Waals surface area contributed by atoms with Gasteiger partial charge >= 0.3 is 5.97 Å². The van der Waals surface area contributed by atoms with Gasteiger partial charge in [0.15, 0.2) is 15.1 Å². The Morgan fingerprint density at radius 2 is 1.74 bits per heavy atom. The van der Waals surface area contributed by atoms with E-state index in [-0.39, 0.29) is 5.75 Å². The van der Waals surface area contributed by atoms with Gasteiger partial charge < -0.3 is 4.74 Å².